The molecular weight excluding hydrogens is 264 g/mol. The van der Waals surface area contributed by atoms with E-state index in [4.69, 9.17) is 17.3 Å². The van der Waals surface area contributed by atoms with Crippen LogP contribution in [0.25, 0.3) is 0 Å². The second-order valence-corrected chi connectivity index (χ2v) is 3.63. The molecule has 0 unspecified atom stereocenters. The molecule has 0 fully saturated rings. The number of benzene rings is 1. The van der Waals surface area contributed by atoms with E-state index in [9.17, 15) is 20.2 Å². The largest absolute Gasteiger partial charge is 0.386 e. The number of nitro benzene ring substituents is 2. The molecule has 1 aromatic carbocycles. The zero-order valence-corrected chi connectivity index (χ0v) is 10.0. The van der Waals surface area contributed by atoms with E-state index in [2.05, 4.69) is 4.99 Å². The zero-order chi connectivity index (χ0) is 13.9. The normalized spacial score (nSPS) is 11.3. The number of alkyl halides is 1. The molecule has 1 rings (SSSR count). The molecule has 0 heterocycles. The lowest BCUT2D eigenvalue weighted by Crippen LogP contribution is -2.12. The highest BCUT2D eigenvalue weighted by Crippen LogP contribution is 2.32. The Bertz CT molecular complexity index is 508. The van der Waals surface area contributed by atoms with Crippen molar-refractivity contribution in [2.45, 2.75) is 6.92 Å². The molecule has 8 nitrogen and oxygen atoms in total. The highest BCUT2D eigenvalue weighted by molar-refractivity contribution is 6.28. The highest BCUT2D eigenvalue weighted by Gasteiger charge is 2.23. The molecule has 0 saturated carbocycles. The van der Waals surface area contributed by atoms with E-state index in [1.54, 1.807) is 0 Å². The fourth-order valence-electron chi connectivity index (χ4n) is 1.31. The molecule has 0 spiro atoms. The van der Waals surface area contributed by atoms with Crippen LogP contribution < -0.4 is 5.73 Å². The molecule has 2 N–H and O–H groups in total. The van der Waals surface area contributed by atoms with Gasteiger partial charge in [-0.2, -0.15) is 0 Å². The van der Waals surface area contributed by atoms with Gasteiger partial charge < -0.3 is 5.73 Å². The molecule has 0 aromatic heterocycles. The predicted octanol–water partition coefficient (Wildman–Crippen LogP) is 2.04. The Morgan fingerprint density at radius 3 is 2.11 bits per heavy atom. The molecule has 0 amide bonds. The lowest BCUT2D eigenvalue weighted by Gasteiger charge is -2.02. The van der Waals surface area contributed by atoms with Crippen molar-refractivity contribution in [1.82, 2.24) is 0 Å². The summed E-state index contributed by atoms with van der Waals surface area (Å²) in [7, 11) is 0. The van der Waals surface area contributed by atoms with Crippen LogP contribution in [-0.4, -0.2) is 21.6 Å². The fraction of sp³-hybridized carbons (Fsp3) is 0.222. The first-order chi connectivity index (χ1) is 8.36. The van der Waals surface area contributed by atoms with Crippen molar-refractivity contribution in [2.75, 3.05) is 5.88 Å². The van der Waals surface area contributed by atoms with Crippen molar-refractivity contribution in [2.24, 2.45) is 10.7 Å². The Kier molecular flexibility index (Phi) is 4.16. The summed E-state index contributed by atoms with van der Waals surface area (Å²) in [4.78, 5) is 23.9. The van der Waals surface area contributed by atoms with E-state index in [1.807, 2.05) is 0 Å². The van der Waals surface area contributed by atoms with E-state index in [0.29, 0.717) is 0 Å². The molecule has 0 radical (unpaired) electrons. The Labute approximate surface area is 106 Å². The van der Waals surface area contributed by atoms with E-state index >= 15 is 0 Å². The Hall–Kier alpha value is -2.22. The van der Waals surface area contributed by atoms with Crippen molar-refractivity contribution < 1.29 is 9.85 Å². The lowest BCUT2D eigenvalue weighted by atomic mass is 10.1. The topological polar surface area (TPSA) is 125 Å². The van der Waals surface area contributed by atoms with Gasteiger partial charge in [0.1, 0.15) is 11.4 Å². The van der Waals surface area contributed by atoms with E-state index in [1.165, 1.54) is 6.92 Å². The second kappa shape index (κ2) is 5.41. The van der Waals surface area contributed by atoms with Crippen LogP contribution >= 0.6 is 11.6 Å². The van der Waals surface area contributed by atoms with Crippen molar-refractivity contribution in [3.05, 3.63) is 37.9 Å². The van der Waals surface area contributed by atoms with Gasteiger partial charge in [-0.25, -0.2) is 4.99 Å². The predicted molar refractivity (Wildman–Crippen MR) is 66.5 cm³/mol. The van der Waals surface area contributed by atoms with Crippen LogP contribution in [0.4, 0.5) is 17.1 Å². The van der Waals surface area contributed by atoms with Crippen molar-refractivity contribution in [1.29, 1.82) is 0 Å². The first-order valence-electron chi connectivity index (χ1n) is 4.69. The van der Waals surface area contributed by atoms with Gasteiger partial charge in [-0.05, 0) is 6.92 Å². The fourth-order valence-corrected chi connectivity index (χ4v) is 1.37. The number of nitrogens with two attached hydrogens (primary N) is 1. The summed E-state index contributed by atoms with van der Waals surface area (Å²) in [6.07, 6.45) is 0. The SMILES string of the molecule is Cc1c([N+](=O)[O-])cc(N=C(N)CCl)cc1[N+](=O)[O-]. The molecular formula is C9H9ClN4O4. The van der Waals surface area contributed by atoms with E-state index in [0.717, 1.165) is 12.1 Å². The van der Waals surface area contributed by atoms with Gasteiger partial charge in [0.05, 0.1) is 21.4 Å². The van der Waals surface area contributed by atoms with Crippen LogP contribution in [0, 0.1) is 27.2 Å². The minimum Gasteiger partial charge on any atom is -0.386 e. The average molecular weight is 273 g/mol. The Morgan fingerprint density at radius 1 is 1.33 bits per heavy atom. The first-order valence-corrected chi connectivity index (χ1v) is 5.22. The third-order valence-corrected chi connectivity index (χ3v) is 2.41. The number of halogens is 1. The molecule has 0 bridgehead atoms. The average Bonchev–Trinajstić information content (AvgIpc) is 2.30. The number of rotatable bonds is 4. The summed E-state index contributed by atoms with van der Waals surface area (Å²) < 4.78 is 0. The number of amidine groups is 1. The molecule has 0 aliphatic rings. The molecule has 0 aliphatic heterocycles. The van der Waals surface area contributed by atoms with Crippen molar-refractivity contribution >= 4 is 34.5 Å². The van der Waals surface area contributed by atoms with Crippen LogP contribution in [0.2, 0.25) is 0 Å². The molecule has 96 valence electrons. The smallest absolute Gasteiger partial charge is 0.281 e. The maximum absolute atomic E-state index is 10.8. The summed E-state index contributed by atoms with van der Waals surface area (Å²) in [6, 6.07) is 2.23. The number of aliphatic imine (C=N–C) groups is 1. The van der Waals surface area contributed by atoms with Gasteiger partial charge in [0.25, 0.3) is 11.4 Å². The molecule has 1 aromatic rings. The van der Waals surface area contributed by atoms with Gasteiger partial charge in [0.15, 0.2) is 0 Å². The third-order valence-electron chi connectivity index (χ3n) is 2.14. The van der Waals surface area contributed by atoms with Crippen molar-refractivity contribution in [3.8, 4) is 0 Å². The summed E-state index contributed by atoms with van der Waals surface area (Å²) >= 11 is 5.41. The Balaban J connectivity index is 3.48. The van der Waals surface area contributed by atoms with Crippen molar-refractivity contribution in [3.63, 3.8) is 0 Å². The van der Waals surface area contributed by atoms with Gasteiger partial charge >= 0.3 is 0 Å². The lowest BCUT2D eigenvalue weighted by molar-refractivity contribution is -0.395. The summed E-state index contributed by atoms with van der Waals surface area (Å²) in [5.74, 6) is -0.0562. The summed E-state index contributed by atoms with van der Waals surface area (Å²) in [6.45, 7) is 1.30. The molecule has 0 atom stereocenters. The standard InChI is InChI=1S/C9H9ClN4O4/c1-5-7(13(15)16)2-6(12-9(11)4-10)3-8(5)14(17)18/h2-3H,4H2,1H3,(H2,11,12). The maximum atomic E-state index is 10.8. The Morgan fingerprint density at radius 2 is 1.78 bits per heavy atom. The van der Waals surface area contributed by atoms with Crippen LogP contribution in [-0.2, 0) is 0 Å². The second-order valence-electron chi connectivity index (χ2n) is 3.36. The van der Waals surface area contributed by atoms with Gasteiger partial charge in [0.2, 0.25) is 0 Å². The third kappa shape index (κ3) is 2.92. The van der Waals surface area contributed by atoms with Gasteiger partial charge in [0, 0.05) is 12.1 Å². The minimum absolute atomic E-state index is 0.0177. The van der Waals surface area contributed by atoms with Crippen LogP contribution in [0.3, 0.4) is 0 Å². The number of nitrogens with zero attached hydrogens (tertiary/aromatic N) is 3. The number of hydrogen-bond donors (Lipinski definition) is 1. The quantitative estimate of drug-likeness (QED) is 0.295. The molecule has 0 saturated heterocycles. The first kappa shape index (κ1) is 13.8. The molecule has 9 heteroatoms. The zero-order valence-electron chi connectivity index (χ0n) is 9.29. The number of hydrogen-bond acceptors (Lipinski definition) is 5. The van der Waals surface area contributed by atoms with Gasteiger partial charge in [-0.15, -0.1) is 11.6 Å². The monoisotopic (exact) mass is 272 g/mol. The molecule has 18 heavy (non-hydrogen) atoms. The summed E-state index contributed by atoms with van der Waals surface area (Å²) in [5.41, 5.74) is 4.60. The minimum atomic E-state index is -0.710. The van der Waals surface area contributed by atoms with Crippen LogP contribution in [0.5, 0.6) is 0 Å². The highest BCUT2D eigenvalue weighted by atomic mass is 35.5. The van der Waals surface area contributed by atoms with Gasteiger partial charge in [-0.1, -0.05) is 0 Å². The van der Waals surface area contributed by atoms with E-state index < -0.39 is 9.85 Å². The van der Waals surface area contributed by atoms with E-state index in [-0.39, 0.29) is 34.3 Å². The summed E-state index contributed by atoms with van der Waals surface area (Å²) in [5, 5.41) is 21.6. The maximum Gasteiger partial charge on any atom is 0.281 e. The number of nitro groups is 2. The van der Waals surface area contributed by atoms with Crippen LogP contribution in [0.1, 0.15) is 5.56 Å². The molecule has 0 aliphatic carbocycles. The van der Waals surface area contributed by atoms with Gasteiger partial charge in [-0.3, -0.25) is 20.2 Å². The van der Waals surface area contributed by atoms with Crippen LogP contribution in [0.15, 0.2) is 17.1 Å².